The maximum atomic E-state index is 13.5. The molecule has 4 rings (SSSR count). The molecule has 3 aliphatic rings. The Morgan fingerprint density at radius 3 is 2.86 bits per heavy atom. The Bertz CT molecular complexity index is 660. The zero-order chi connectivity index (χ0) is 15.5. The lowest BCUT2D eigenvalue weighted by atomic mass is 9.53. The van der Waals surface area contributed by atoms with E-state index in [-0.39, 0.29) is 11.2 Å². The number of halogens is 1. The van der Waals surface area contributed by atoms with Crippen molar-refractivity contribution in [3.8, 4) is 12.3 Å². The minimum absolute atomic E-state index is 0.125. The van der Waals surface area contributed by atoms with Gasteiger partial charge in [-0.25, -0.2) is 4.39 Å². The monoisotopic (exact) mass is 298 g/mol. The molecule has 0 saturated heterocycles. The van der Waals surface area contributed by atoms with E-state index in [4.69, 9.17) is 6.42 Å². The van der Waals surface area contributed by atoms with Crippen molar-refractivity contribution in [1.82, 2.24) is 0 Å². The molecule has 4 unspecified atom stereocenters. The van der Waals surface area contributed by atoms with Gasteiger partial charge in [-0.2, -0.15) is 0 Å². The summed E-state index contributed by atoms with van der Waals surface area (Å²) in [6.45, 7) is 2.20. The van der Waals surface area contributed by atoms with Crippen LogP contribution in [0, 0.1) is 35.4 Å². The van der Waals surface area contributed by atoms with Crippen molar-refractivity contribution in [2.24, 2.45) is 17.3 Å². The number of benzene rings is 1. The maximum Gasteiger partial charge on any atom is 0.130 e. The summed E-state index contributed by atoms with van der Waals surface area (Å²) in [7, 11) is 0. The summed E-state index contributed by atoms with van der Waals surface area (Å²) in [6, 6.07) is 5.31. The number of aliphatic hydroxyl groups is 1. The summed E-state index contributed by atoms with van der Waals surface area (Å²) >= 11 is 0. The van der Waals surface area contributed by atoms with Gasteiger partial charge in [0.2, 0.25) is 0 Å². The van der Waals surface area contributed by atoms with Crippen molar-refractivity contribution in [2.75, 3.05) is 0 Å². The maximum absolute atomic E-state index is 13.5. The summed E-state index contributed by atoms with van der Waals surface area (Å²) in [5, 5.41) is 10.9. The van der Waals surface area contributed by atoms with Crippen LogP contribution in [0.15, 0.2) is 18.2 Å². The van der Waals surface area contributed by atoms with Crippen LogP contribution in [0.4, 0.5) is 4.39 Å². The second-order valence-electron chi connectivity index (χ2n) is 7.76. The van der Waals surface area contributed by atoms with E-state index < -0.39 is 5.60 Å². The van der Waals surface area contributed by atoms with Gasteiger partial charge in [0.15, 0.2) is 0 Å². The van der Waals surface area contributed by atoms with Crippen LogP contribution < -0.4 is 0 Å². The van der Waals surface area contributed by atoms with E-state index in [1.807, 2.05) is 6.07 Å². The molecule has 1 N–H and O–H groups in total. The van der Waals surface area contributed by atoms with Crippen LogP contribution in [0.5, 0.6) is 0 Å². The van der Waals surface area contributed by atoms with E-state index in [9.17, 15) is 9.50 Å². The van der Waals surface area contributed by atoms with Crippen LogP contribution in [0.3, 0.4) is 0 Å². The van der Waals surface area contributed by atoms with Gasteiger partial charge in [-0.05, 0) is 79.5 Å². The van der Waals surface area contributed by atoms with E-state index in [1.165, 1.54) is 11.1 Å². The number of hydrogen-bond donors (Lipinski definition) is 1. The molecular formula is C20H23FO. The summed E-state index contributed by atoms with van der Waals surface area (Å²) in [4.78, 5) is 0. The number of aryl methyl sites for hydroxylation is 1. The molecule has 1 nitrogen and oxygen atoms in total. The van der Waals surface area contributed by atoms with Crippen molar-refractivity contribution in [3.63, 3.8) is 0 Å². The fraction of sp³-hybridized carbons (Fsp3) is 0.600. The average molecular weight is 298 g/mol. The Kier molecular flexibility index (Phi) is 2.97. The minimum atomic E-state index is -0.939. The standard InChI is InChI=1S/C20H23FO/c1-3-20(22)11-9-18-17-6-4-13-12-14(21)5-7-15(13)16(17)8-10-19(18,20)2/h1,5,7,12,16-18,22H,4,6,8-11H2,2H3/t16?,17?,18?,19-,20?/m0/s1. The highest BCUT2D eigenvalue weighted by molar-refractivity contribution is 5.36. The molecule has 2 fully saturated rings. The Balaban J connectivity index is 1.72. The number of fused-ring (bicyclic) bond motifs is 5. The molecule has 3 aliphatic carbocycles. The van der Waals surface area contributed by atoms with Gasteiger partial charge in [0, 0.05) is 5.41 Å². The van der Waals surface area contributed by atoms with Gasteiger partial charge in [-0.1, -0.05) is 18.9 Å². The third kappa shape index (κ3) is 1.69. The van der Waals surface area contributed by atoms with Crippen LogP contribution in [0.25, 0.3) is 0 Å². The summed E-state index contributed by atoms with van der Waals surface area (Å²) in [6.07, 6.45) is 11.5. The lowest BCUT2D eigenvalue weighted by Gasteiger charge is -2.52. The fourth-order valence-corrected chi connectivity index (χ4v) is 5.80. The van der Waals surface area contributed by atoms with Crippen molar-refractivity contribution < 1.29 is 9.50 Å². The van der Waals surface area contributed by atoms with Crippen LogP contribution in [-0.2, 0) is 6.42 Å². The quantitative estimate of drug-likeness (QED) is 0.717. The zero-order valence-corrected chi connectivity index (χ0v) is 13.1. The second kappa shape index (κ2) is 4.59. The van der Waals surface area contributed by atoms with Gasteiger partial charge in [-0.3, -0.25) is 0 Å². The van der Waals surface area contributed by atoms with Gasteiger partial charge in [0.05, 0.1) is 0 Å². The molecule has 0 spiro atoms. The molecule has 116 valence electrons. The highest BCUT2D eigenvalue weighted by Gasteiger charge is 2.61. The number of hydrogen-bond acceptors (Lipinski definition) is 1. The predicted octanol–water partition coefficient (Wildman–Crippen LogP) is 4.05. The molecule has 0 amide bonds. The van der Waals surface area contributed by atoms with Crippen LogP contribution >= 0.6 is 0 Å². The van der Waals surface area contributed by atoms with Crippen LogP contribution in [0.2, 0.25) is 0 Å². The second-order valence-corrected chi connectivity index (χ2v) is 7.76. The molecule has 22 heavy (non-hydrogen) atoms. The largest absolute Gasteiger partial charge is 0.377 e. The summed E-state index contributed by atoms with van der Waals surface area (Å²) in [5.41, 5.74) is 1.44. The Labute approximate surface area is 131 Å². The summed E-state index contributed by atoms with van der Waals surface area (Å²) in [5.74, 6) is 4.17. The molecule has 0 heterocycles. The first-order valence-electron chi connectivity index (χ1n) is 8.47. The van der Waals surface area contributed by atoms with Crippen molar-refractivity contribution in [2.45, 2.75) is 57.0 Å². The topological polar surface area (TPSA) is 20.2 Å². The van der Waals surface area contributed by atoms with E-state index in [2.05, 4.69) is 12.8 Å². The first-order chi connectivity index (χ1) is 10.5. The van der Waals surface area contributed by atoms with Gasteiger partial charge in [0.25, 0.3) is 0 Å². The highest BCUT2D eigenvalue weighted by atomic mass is 19.1. The first kappa shape index (κ1) is 14.3. The van der Waals surface area contributed by atoms with Crippen LogP contribution in [0.1, 0.15) is 56.1 Å². The molecule has 1 aromatic rings. The van der Waals surface area contributed by atoms with Crippen molar-refractivity contribution >= 4 is 0 Å². The lowest BCUT2D eigenvalue weighted by molar-refractivity contribution is -0.0647. The number of rotatable bonds is 0. The Morgan fingerprint density at radius 1 is 1.27 bits per heavy atom. The highest BCUT2D eigenvalue weighted by Crippen LogP contribution is 2.64. The van der Waals surface area contributed by atoms with E-state index in [1.54, 1.807) is 12.1 Å². The van der Waals surface area contributed by atoms with Gasteiger partial charge in [-0.15, -0.1) is 6.42 Å². The average Bonchev–Trinajstić information content (AvgIpc) is 2.79. The molecule has 2 saturated carbocycles. The molecule has 1 aromatic carbocycles. The third-order valence-corrected chi connectivity index (χ3v) is 7.08. The molecular weight excluding hydrogens is 275 g/mol. The smallest absolute Gasteiger partial charge is 0.130 e. The predicted molar refractivity (Wildman–Crippen MR) is 84.8 cm³/mol. The van der Waals surface area contributed by atoms with Crippen molar-refractivity contribution in [1.29, 1.82) is 0 Å². The molecule has 5 atom stereocenters. The lowest BCUT2D eigenvalue weighted by Crippen LogP contribution is -2.50. The van der Waals surface area contributed by atoms with E-state index in [0.717, 1.165) is 38.5 Å². The van der Waals surface area contributed by atoms with Gasteiger partial charge >= 0.3 is 0 Å². The van der Waals surface area contributed by atoms with Crippen LogP contribution in [-0.4, -0.2) is 10.7 Å². The van der Waals surface area contributed by atoms with E-state index >= 15 is 0 Å². The Hall–Kier alpha value is -1.33. The molecule has 0 aromatic heterocycles. The van der Waals surface area contributed by atoms with E-state index in [0.29, 0.717) is 17.8 Å². The van der Waals surface area contributed by atoms with Gasteiger partial charge in [0.1, 0.15) is 11.4 Å². The zero-order valence-electron chi connectivity index (χ0n) is 13.1. The Morgan fingerprint density at radius 2 is 2.09 bits per heavy atom. The first-order valence-corrected chi connectivity index (χ1v) is 8.47. The SMILES string of the molecule is C#CC1(O)CCC2C3CCc4cc(F)ccc4C3CC[C@@]21C. The number of terminal acetylenes is 1. The molecule has 0 radical (unpaired) electrons. The minimum Gasteiger partial charge on any atom is -0.377 e. The van der Waals surface area contributed by atoms with Crippen molar-refractivity contribution in [3.05, 3.63) is 35.1 Å². The third-order valence-electron chi connectivity index (χ3n) is 7.08. The molecule has 0 bridgehead atoms. The molecule has 0 aliphatic heterocycles. The normalized spacial score (nSPS) is 42.9. The summed E-state index contributed by atoms with van der Waals surface area (Å²) < 4.78 is 13.5. The fourth-order valence-electron chi connectivity index (χ4n) is 5.80. The van der Waals surface area contributed by atoms with Gasteiger partial charge < -0.3 is 5.11 Å². The molecule has 2 heteroatoms.